The van der Waals surface area contributed by atoms with Gasteiger partial charge in [-0.05, 0) is 29.4 Å². The monoisotopic (exact) mass is 358 g/mol. The molecule has 118 valence electrons. The quantitative estimate of drug-likeness (QED) is 0.781. The number of H-pyrrole nitrogens is 1. The Hall–Kier alpha value is -0.630. The van der Waals surface area contributed by atoms with Crippen LogP contribution in [0.25, 0.3) is 0 Å². The van der Waals surface area contributed by atoms with Gasteiger partial charge in [0.2, 0.25) is 0 Å². The first-order chi connectivity index (χ1) is 9.58. The fourth-order valence-corrected chi connectivity index (χ4v) is 2.86. The van der Waals surface area contributed by atoms with Crippen LogP contribution in [0.1, 0.15) is 19.6 Å². The van der Waals surface area contributed by atoms with Gasteiger partial charge >= 0.3 is 11.8 Å². The van der Waals surface area contributed by atoms with Crippen molar-refractivity contribution in [2.45, 2.75) is 31.3 Å². The van der Waals surface area contributed by atoms with Crippen molar-refractivity contribution >= 4 is 28.6 Å². The van der Waals surface area contributed by atoms with Crippen molar-refractivity contribution in [2.75, 3.05) is 6.61 Å². The number of rotatable bonds is 4. The SMILES string of the molecule is C[C@@]1(O)C[C@@H](COP(=O)(Cl)Cl)O[C@H]1n1ccc(=O)[nH]c1=O. The minimum atomic E-state index is -3.70. The van der Waals surface area contributed by atoms with Gasteiger partial charge in [0.25, 0.3) is 5.56 Å². The van der Waals surface area contributed by atoms with Gasteiger partial charge in [-0.2, -0.15) is 0 Å². The lowest BCUT2D eigenvalue weighted by molar-refractivity contribution is -0.0880. The minimum absolute atomic E-state index is 0.108. The predicted molar refractivity (Wildman–Crippen MR) is 75.7 cm³/mol. The Morgan fingerprint density at radius 2 is 2.29 bits per heavy atom. The van der Waals surface area contributed by atoms with E-state index >= 15 is 0 Å². The van der Waals surface area contributed by atoms with Gasteiger partial charge < -0.3 is 14.4 Å². The molecule has 0 aliphatic carbocycles. The van der Waals surface area contributed by atoms with Crippen molar-refractivity contribution in [1.82, 2.24) is 9.55 Å². The van der Waals surface area contributed by atoms with Crippen LogP contribution in [0.4, 0.5) is 0 Å². The predicted octanol–water partition coefficient (Wildman–Crippen LogP) is 1.18. The normalized spacial score (nSPS) is 29.7. The zero-order valence-electron chi connectivity index (χ0n) is 10.9. The second-order valence-corrected chi connectivity index (χ2v) is 9.18. The van der Waals surface area contributed by atoms with E-state index in [4.69, 9.17) is 31.7 Å². The Bertz CT molecular complexity index is 681. The third-order valence-corrected chi connectivity index (χ3v) is 4.04. The number of aliphatic hydroxyl groups is 1. The lowest BCUT2D eigenvalue weighted by Crippen LogP contribution is -2.40. The smallest absolute Gasteiger partial charge is 0.380 e. The highest BCUT2D eigenvalue weighted by atomic mass is 35.9. The molecular formula is C10H13Cl2N2O6P. The van der Waals surface area contributed by atoms with E-state index in [2.05, 4.69) is 4.98 Å². The Morgan fingerprint density at radius 1 is 1.62 bits per heavy atom. The molecule has 11 heteroatoms. The van der Waals surface area contributed by atoms with Crippen molar-refractivity contribution in [3.8, 4) is 0 Å². The van der Waals surface area contributed by atoms with E-state index in [0.29, 0.717) is 0 Å². The lowest BCUT2D eigenvalue weighted by atomic mass is 10.0. The molecule has 1 fully saturated rings. The molecular weight excluding hydrogens is 346 g/mol. The number of nitrogens with one attached hydrogen (secondary N) is 1. The number of aromatic amines is 1. The number of hydrogen-bond donors (Lipinski definition) is 2. The molecule has 0 saturated carbocycles. The second kappa shape index (κ2) is 5.87. The molecule has 1 aromatic heterocycles. The Morgan fingerprint density at radius 3 is 2.86 bits per heavy atom. The molecule has 1 aliphatic rings. The fraction of sp³-hybridized carbons (Fsp3) is 0.600. The zero-order valence-corrected chi connectivity index (χ0v) is 13.3. The summed E-state index contributed by atoms with van der Waals surface area (Å²) in [5.41, 5.74) is -2.66. The van der Waals surface area contributed by atoms with Crippen LogP contribution in [0.15, 0.2) is 21.9 Å². The van der Waals surface area contributed by atoms with Crippen molar-refractivity contribution < 1.29 is 18.9 Å². The molecule has 1 aliphatic heterocycles. The van der Waals surface area contributed by atoms with E-state index in [1.165, 1.54) is 13.1 Å². The largest absolute Gasteiger partial charge is 0.385 e. The summed E-state index contributed by atoms with van der Waals surface area (Å²) in [6.45, 7) is 1.27. The van der Waals surface area contributed by atoms with Gasteiger partial charge in [-0.1, -0.05) is 0 Å². The maximum Gasteiger partial charge on any atom is 0.380 e. The van der Waals surface area contributed by atoms with Gasteiger partial charge in [-0.25, -0.2) is 4.79 Å². The van der Waals surface area contributed by atoms with Gasteiger partial charge in [0, 0.05) is 18.7 Å². The van der Waals surface area contributed by atoms with E-state index in [1.807, 2.05) is 0 Å². The first kappa shape index (κ1) is 16.7. The van der Waals surface area contributed by atoms with E-state index in [-0.39, 0.29) is 13.0 Å². The molecule has 0 amide bonds. The van der Waals surface area contributed by atoms with E-state index in [0.717, 1.165) is 10.6 Å². The number of ether oxygens (including phenoxy) is 1. The highest BCUT2D eigenvalue weighted by molar-refractivity contribution is 8.05. The Kier molecular flexibility index (Phi) is 4.68. The molecule has 2 N–H and O–H groups in total. The van der Waals surface area contributed by atoms with E-state index in [1.54, 1.807) is 0 Å². The van der Waals surface area contributed by atoms with Gasteiger partial charge in [-0.3, -0.25) is 18.9 Å². The number of halogens is 2. The summed E-state index contributed by atoms with van der Waals surface area (Å²) in [6, 6.07) is 1.14. The summed E-state index contributed by atoms with van der Waals surface area (Å²) in [5, 5.41) is 10.3. The summed E-state index contributed by atoms with van der Waals surface area (Å²) >= 11 is 10.5. The van der Waals surface area contributed by atoms with Crippen LogP contribution >= 0.6 is 28.6 Å². The van der Waals surface area contributed by atoms with Gasteiger partial charge in [-0.15, -0.1) is 0 Å². The average Bonchev–Trinajstić information content (AvgIpc) is 2.61. The maximum atomic E-state index is 11.7. The van der Waals surface area contributed by atoms with Crippen LogP contribution < -0.4 is 11.2 Å². The molecule has 2 rings (SSSR count). The van der Waals surface area contributed by atoms with Crippen LogP contribution in [0.3, 0.4) is 0 Å². The molecule has 0 unspecified atom stereocenters. The molecule has 1 aromatic rings. The maximum absolute atomic E-state index is 11.7. The summed E-state index contributed by atoms with van der Waals surface area (Å²) in [7, 11) is 0. The minimum Gasteiger partial charge on any atom is -0.385 e. The number of hydrogen-bond acceptors (Lipinski definition) is 6. The van der Waals surface area contributed by atoms with Crippen molar-refractivity contribution in [1.29, 1.82) is 0 Å². The average molecular weight is 359 g/mol. The van der Waals surface area contributed by atoms with E-state index < -0.39 is 35.3 Å². The molecule has 1 saturated heterocycles. The van der Waals surface area contributed by atoms with Crippen LogP contribution in [0.5, 0.6) is 0 Å². The highest BCUT2D eigenvalue weighted by Crippen LogP contribution is 2.58. The molecule has 0 spiro atoms. The van der Waals surface area contributed by atoms with Gasteiger partial charge in [0.15, 0.2) is 6.23 Å². The third-order valence-electron chi connectivity index (χ3n) is 3.01. The first-order valence-electron chi connectivity index (χ1n) is 5.92. The Labute approximate surface area is 128 Å². The number of aromatic nitrogens is 2. The van der Waals surface area contributed by atoms with Crippen LogP contribution in [-0.4, -0.2) is 33.0 Å². The van der Waals surface area contributed by atoms with Crippen molar-refractivity contribution in [3.63, 3.8) is 0 Å². The highest BCUT2D eigenvalue weighted by Gasteiger charge is 2.45. The summed E-state index contributed by atoms with van der Waals surface area (Å²) in [5.74, 6) is 0. The van der Waals surface area contributed by atoms with Crippen LogP contribution in [-0.2, 0) is 13.8 Å². The van der Waals surface area contributed by atoms with Gasteiger partial charge in [0.05, 0.1) is 12.7 Å². The van der Waals surface area contributed by atoms with Crippen molar-refractivity contribution in [2.24, 2.45) is 0 Å². The van der Waals surface area contributed by atoms with Crippen LogP contribution in [0, 0.1) is 0 Å². The third kappa shape index (κ3) is 4.18. The van der Waals surface area contributed by atoms with Gasteiger partial charge in [0.1, 0.15) is 5.60 Å². The first-order valence-corrected chi connectivity index (χ1v) is 9.35. The summed E-state index contributed by atoms with van der Waals surface area (Å²) in [6.07, 6.45) is -4.06. The molecule has 0 radical (unpaired) electrons. The number of nitrogens with zero attached hydrogens (tertiary/aromatic N) is 1. The van der Waals surface area contributed by atoms with Crippen LogP contribution in [0.2, 0.25) is 0 Å². The summed E-state index contributed by atoms with van der Waals surface area (Å²) < 4.78 is 22.4. The fourth-order valence-electron chi connectivity index (χ4n) is 2.18. The topological polar surface area (TPSA) is 111 Å². The molecule has 3 atom stereocenters. The molecule has 21 heavy (non-hydrogen) atoms. The molecule has 0 aromatic carbocycles. The summed E-state index contributed by atoms with van der Waals surface area (Å²) in [4.78, 5) is 24.8. The lowest BCUT2D eigenvalue weighted by Gasteiger charge is -2.24. The van der Waals surface area contributed by atoms with Crippen molar-refractivity contribution in [3.05, 3.63) is 33.1 Å². The molecule has 8 nitrogen and oxygen atoms in total. The Balaban J connectivity index is 2.19. The molecule has 0 bridgehead atoms. The zero-order chi connectivity index (χ0) is 15.8. The standard InChI is InChI=1S/C10H13Cl2N2O6P/c1-10(17)4-6(5-19-21(11,12)18)20-8(10)14-3-2-7(15)13-9(14)16/h2-3,6,8,17H,4-5H2,1H3,(H,13,15,16)/t6-,8+,10+/m0/s1. The molecule has 2 heterocycles. The second-order valence-electron chi connectivity index (χ2n) is 4.90. The van der Waals surface area contributed by atoms with E-state index in [9.17, 15) is 19.3 Å².